The number of nitrogens with one attached hydrogen (secondary N) is 1. The van der Waals surface area contributed by atoms with Gasteiger partial charge in [-0.05, 0) is 74.6 Å². The molecule has 1 fully saturated rings. The van der Waals surface area contributed by atoms with E-state index in [9.17, 15) is 0 Å². The molecule has 0 spiro atoms. The van der Waals surface area contributed by atoms with Gasteiger partial charge in [-0.2, -0.15) is 0 Å². The van der Waals surface area contributed by atoms with Gasteiger partial charge in [0, 0.05) is 30.8 Å². The van der Waals surface area contributed by atoms with Gasteiger partial charge in [0.1, 0.15) is 11.8 Å². The molecular formula is C22H24N4OS. The molecule has 0 aliphatic carbocycles. The van der Waals surface area contributed by atoms with Crippen LogP contribution in [0, 0.1) is 0 Å². The Hall–Kier alpha value is -2.86. The van der Waals surface area contributed by atoms with E-state index in [2.05, 4.69) is 57.3 Å². The maximum atomic E-state index is 5.79. The second-order valence-corrected chi connectivity index (χ2v) is 7.59. The highest BCUT2D eigenvalue weighted by Gasteiger charge is 2.41. The minimum absolute atomic E-state index is 0.000679. The summed E-state index contributed by atoms with van der Waals surface area (Å²) < 4.78 is 7.92. The Bertz CT molecular complexity index is 952. The number of thiocarbonyl (C=S) groups is 1. The second kappa shape index (κ2) is 7.64. The Balaban J connectivity index is 1.74. The molecule has 1 aromatic carbocycles. The highest BCUT2D eigenvalue weighted by molar-refractivity contribution is 7.80. The number of pyridine rings is 1. The van der Waals surface area contributed by atoms with Crippen molar-refractivity contribution in [3.8, 4) is 5.75 Å². The van der Waals surface area contributed by atoms with Crippen molar-refractivity contribution in [1.29, 1.82) is 0 Å². The highest BCUT2D eigenvalue weighted by Crippen LogP contribution is 2.41. The van der Waals surface area contributed by atoms with Crippen molar-refractivity contribution < 1.29 is 4.74 Å². The average molecular weight is 393 g/mol. The van der Waals surface area contributed by atoms with Crippen molar-refractivity contribution in [1.82, 2.24) is 14.9 Å². The van der Waals surface area contributed by atoms with E-state index in [1.807, 2.05) is 50.4 Å². The predicted octanol–water partition coefficient (Wildman–Crippen LogP) is 4.38. The first-order valence-electron chi connectivity index (χ1n) is 9.43. The lowest BCUT2D eigenvalue weighted by Crippen LogP contribution is -2.30. The number of benzene rings is 1. The van der Waals surface area contributed by atoms with Crippen LogP contribution in [0.25, 0.3) is 0 Å². The van der Waals surface area contributed by atoms with Gasteiger partial charge >= 0.3 is 0 Å². The van der Waals surface area contributed by atoms with E-state index in [0.29, 0.717) is 5.11 Å². The number of anilines is 1. The first-order chi connectivity index (χ1) is 13.5. The zero-order valence-electron chi connectivity index (χ0n) is 16.2. The van der Waals surface area contributed by atoms with Crippen LogP contribution in [-0.4, -0.2) is 20.8 Å². The van der Waals surface area contributed by atoms with Crippen LogP contribution in [0.3, 0.4) is 0 Å². The molecule has 0 unspecified atom stereocenters. The van der Waals surface area contributed by atoms with Gasteiger partial charge in [-0.15, -0.1) is 0 Å². The summed E-state index contributed by atoms with van der Waals surface area (Å²) in [7, 11) is 2.06. The lowest BCUT2D eigenvalue weighted by molar-refractivity contribution is 0.242. The molecule has 0 amide bonds. The van der Waals surface area contributed by atoms with Gasteiger partial charge in [-0.1, -0.05) is 6.07 Å². The molecule has 1 N–H and O–H groups in total. The Morgan fingerprint density at radius 3 is 2.46 bits per heavy atom. The van der Waals surface area contributed by atoms with Crippen LogP contribution in [0.4, 0.5) is 5.69 Å². The molecule has 2 atom stereocenters. The van der Waals surface area contributed by atoms with Crippen molar-refractivity contribution in [2.24, 2.45) is 7.05 Å². The monoisotopic (exact) mass is 392 g/mol. The van der Waals surface area contributed by atoms with Crippen molar-refractivity contribution in [3.63, 3.8) is 0 Å². The number of hydrogen-bond donors (Lipinski definition) is 1. The summed E-state index contributed by atoms with van der Waals surface area (Å²) >= 11 is 5.74. The van der Waals surface area contributed by atoms with Crippen LogP contribution in [0.1, 0.15) is 37.3 Å². The number of hydrogen-bond acceptors (Lipinski definition) is 3. The summed E-state index contributed by atoms with van der Waals surface area (Å²) in [6, 6.07) is 18.2. The van der Waals surface area contributed by atoms with Gasteiger partial charge < -0.3 is 19.5 Å². The zero-order chi connectivity index (χ0) is 19.7. The number of aromatic nitrogens is 2. The van der Waals surface area contributed by atoms with Crippen molar-refractivity contribution in [2.45, 2.75) is 32.0 Å². The first kappa shape index (κ1) is 18.5. The highest BCUT2D eigenvalue weighted by atomic mass is 32.1. The second-order valence-electron chi connectivity index (χ2n) is 7.20. The normalized spacial score (nSPS) is 19.1. The van der Waals surface area contributed by atoms with Gasteiger partial charge in [0.05, 0.1) is 17.8 Å². The molecule has 2 aromatic heterocycles. The van der Waals surface area contributed by atoms with E-state index in [0.717, 1.165) is 17.1 Å². The van der Waals surface area contributed by atoms with Crippen LogP contribution < -0.4 is 15.0 Å². The minimum atomic E-state index is -0.0334. The first-order valence-corrected chi connectivity index (χ1v) is 9.84. The Morgan fingerprint density at radius 1 is 1.07 bits per heavy atom. The lowest BCUT2D eigenvalue weighted by Gasteiger charge is -2.28. The van der Waals surface area contributed by atoms with Crippen molar-refractivity contribution >= 4 is 23.0 Å². The summed E-state index contributed by atoms with van der Waals surface area (Å²) in [6.45, 7) is 4.05. The van der Waals surface area contributed by atoms with E-state index < -0.39 is 0 Å². The van der Waals surface area contributed by atoms with E-state index in [1.165, 1.54) is 5.69 Å². The van der Waals surface area contributed by atoms with Crippen molar-refractivity contribution in [2.75, 3.05) is 4.90 Å². The predicted molar refractivity (Wildman–Crippen MR) is 116 cm³/mol. The number of nitrogens with zero attached hydrogens (tertiary/aromatic N) is 3. The van der Waals surface area contributed by atoms with Crippen molar-refractivity contribution in [3.05, 3.63) is 78.4 Å². The van der Waals surface area contributed by atoms with Crippen LogP contribution >= 0.6 is 12.2 Å². The fourth-order valence-corrected chi connectivity index (χ4v) is 4.02. The maximum Gasteiger partial charge on any atom is 0.174 e. The summed E-state index contributed by atoms with van der Waals surface area (Å²) in [4.78, 5) is 6.75. The molecule has 4 rings (SSSR count). The summed E-state index contributed by atoms with van der Waals surface area (Å²) in [5.41, 5.74) is 3.17. The number of rotatable bonds is 5. The third kappa shape index (κ3) is 3.47. The van der Waals surface area contributed by atoms with E-state index >= 15 is 0 Å². The summed E-state index contributed by atoms with van der Waals surface area (Å²) in [5, 5.41) is 4.18. The Kier molecular flexibility index (Phi) is 5.05. The molecule has 1 aliphatic rings. The molecule has 3 heterocycles. The molecule has 6 heteroatoms. The fourth-order valence-electron chi connectivity index (χ4n) is 3.67. The fraction of sp³-hybridized carbons (Fsp3) is 0.273. The van der Waals surface area contributed by atoms with Crippen LogP contribution in [0.15, 0.2) is 67.0 Å². The molecule has 1 aliphatic heterocycles. The molecule has 28 heavy (non-hydrogen) atoms. The molecule has 3 aromatic rings. The van der Waals surface area contributed by atoms with Gasteiger partial charge in [0.2, 0.25) is 0 Å². The third-order valence-electron chi connectivity index (χ3n) is 4.87. The zero-order valence-corrected chi connectivity index (χ0v) is 17.1. The molecule has 0 radical (unpaired) electrons. The van der Waals surface area contributed by atoms with Gasteiger partial charge in [0.25, 0.3) is 0 Å². The largest absolute Gasteiger partial charge is 0.491 e. The third-order valence-corrected chi connectivity index (χ3v) is 5.19. The van der Waals surface area contributed by atoms with Crippen LogP contribution in [0.5, 0.6) is 5.75 Å². The average Bonchev–Trinajstić information content (AvgIpc) is 3.25. The topological polar surface area (TPSA) is 42.3 Å². The molecule has 144 valence electrons. The smallest absolute Gasteiger partial charge is 0.174 e. The standard InChI is InChI=1S/C22H24N4OS/c1-15(2)27-17-11-9-16(10-12-17)26-21(19-8-6-14-25(19)3)20(24-22(26)28)18-7-4-5-13-23-18/h4-15,20-21H,1-3H3,(H,24,28)/t20-,21-/m0/s1. The van der Waals surface area contributed by atoms with E-state index in [1.54, 1.807) is 0 Å². The molecule has 1 saturated heterocycles. The van der Waals surface area contributed by atoms with Crippen LogP contribution in [-0.2, 0) is 7.05 Å². The quantitative estimate of drug-likeness (QED) is 0.653. The van der Waals surface area contributed by atoms with Gasteiger partial charge in [0.15, 0.2) is 5.11 Å². The van der Waals surface area contributed by atoms with E-state index in [4.69, 9.17) is 17.0 Å². The number of ether oxygens (including phenoxy) is 1. The van der Waals surface area contributed by atoms with Gasteiger partial charge in [-0.25, -0.2) is 0 Å². The summed E-state index contributed by atoms with van der Waals surface area (Å²) in [6.07, 6.45) is 4.03. The Morgan fingerprint density at radius 2 is 1.86 bits per heavy atom. The van der Waals surface area contributed by atoms with Gasteiger partial charge in [-0.3, -0.25) is 4.98 Å². The maximum absolute atomic E-state index is 5.79. The Labute approximate surface area is 171 Å². The molecule has 0 bridgehead atoms. The minimum Gasteiger partial charge on any atom is -0.491 e. The lowest BCUT2D eigenvalue weighted by atomic mass is 10.0. The SMILES string of the molecule is CC(C)Oc1ccc(N2C(=S)N[C@@H](c3ccccn3)[C@@H]2c2cccn2C)cc1. The number of aryl methyl sites for hydroxylation is 1. The summed E-state index contributed by atoms with van der Waals surface area (Å²) in [5.74, 6) is 0.855. The molecule has 0 saturated carbocycles. The molecule has 5 nitrogen and oxygen atoms in total. The van der Waals surface area contributed by atoms with E-state index in [-0.39, 0.29) is 18.2 Å². The van der Waals surface area contributed by atoms with Crippen LogP contribution in [0.2, 0.25) is 0 Å². The molecular weight excluding hydrogens is 368 g/mol.